The summed E-state index contributed by atoms with van der Waals surface area (Å²) in [6, 6.07) is 13.4. The standard InChI is InChI=1S/C22H27N3O2/c1-16-8-5-6-11-18(16)23-22(27)21-19-12-7-13-24(19)15-20(26)25(21)14-17-9-3-2-4-10-17/h2-4,7,9-10,12-13,16,18,21H,5-6,8,11,14-15H2,1H3,(H,23,27). The molecule has 1 aromatic heterocycles. The topological polar surface area (TPSA) is 54.3 Å². The van der Waals surface area contributed by atoms with E-state index in [1.54, 1.807) is 4.90 Å². The summed E-state index contributed by atoms with van der Waals surface area (Å²) in [7, 11) is 0. The summed E-state index contributed by atoms with van der Waals surface area (Å²) >= 11 is 0. The average molecular weight is 365 g/mol. The number of rotatable bonds is 4. The largest absolute Gasteiger partial charge is 0.351 e. The van der Waals surface area contributed by atoms with Crippen molar-refractivity contribution in [2.24, 2.45) is 5.92 Å². The Morgan fingerprint density at radius 3 is 2.67 bits per heavy atom. The van der Waals surface area contributed by atoms with Gasteiger partial charge in [-0.05, 0) is 36.5 Å². The molecule has 142 valence electrons. The van der Waals surface area contributed by atoms with Crippen molar-refractivity contribution in [3.63, 3.8) is 0 Å². The van der Waals surface area contributed by atoms with Gasteiger partial charge in [0.15, 0.2) is 6.04 Å². The highest BCUT2D eigenvalue weighted by molar-refractivity contribution is 5.90. The second-order valence-corrected chi connectivity index (χ2v) is 7.85. The van der Waals surface area contributed by atoms with Gasteiger partial charge in [-0.3, -0.25) is 9.59 Å². The molecule has 5 heteroatoms. The molecule has 1 saturated carbocycles. The smallest absolute Gasteiger partial charge is 0.249 e. The molecule has 1 aliphatic heterocycles. The van der Waals surface area contributed by atoms with E-state index in [0.717, 1.165) is 30.5 Å². The highest BCUT2D eigenvalue weighted by Crippen LogP contribution is 2.30. The molecule has 1 N–H and O–H groups in total. The molecule has 0 saturated heterocycles. The maximum Gasteiger partial charge on any atom is 0.249 e. The second kappa shape index (κ2) is 7.59. The quantitative estimate of drug-likeness (QED) is 0.904. The third-order valence-electron chi connectivity index (χ3n) is 5.97. The van der Waals surface area contributed by atoms with Gasteiger partial charge < -0.3 is 14.8 Å². The molecule has 2 heterocycles. The van der Waals surface area contributed by atoms with Crippen molar-refractivity contribution in [2.45, 2.75) is 57.8 Å². The molecule has 2 aromatic rings. The Bertz CT molecular complexity index is 814. The van der Waals surface area contributed by atoms with Crippen molar-refractivity contribution in [1.82, 2.24) is 14.8 Å². The lowest BCUT2D eigenvalue weighted by molar-refractivity contribution is -0.145. The molecule has 27 heavy (non-hydrogen) atoms. The summed E-state index contributed by atoms with van der Waals surface area (Å²) in [6.45, 7) is 2.95. The van der Waals surface area contributed by atoms with E-state index in [-0.39, 0.29) is 17.9 Å². The number of hydrogen-bond acceptors (Lipinski definition) is 2. The minimum absolute atomic E-state index is 0.0144. The van der Waals surface area contributed by atoms with E-state index >= 15 is 0 Å². The van der Waals surface area contributed by atoms with E-state index in [0.29, 0.717) is 19.0 Å². The van der Waals surface area contributed by atoms with Crippen LogP contribution in [0.3, 0.4) is 0 Å². The third kappa shape index (κ3) is 3.64. The van der Waals surface area contributed by atoms with Crippen molar-refractivity contribution in [3.8, 4) is 0 Å². The first-order valence-corrected chi connectivity index (χ1v) is 9.92. The number of carbonyl (C=O) groups is 2. The SMILES string of the molecule is CC1CCCCC1NC(=O)C1c2cccn2CC(=O)N1Cc1ccccc1. The lowest BCUT2D eigenvalue weighted by Gasteiger charge is -2.38. The van der Waals surface area contributed by atoms with Gasteiger partial charge in [-0.25, -0.2) is 0 Å². The van der Waals surface area contributed by atoms with Crippen LogP contribution in [-0.2, 0) is 22.7 Å². The molecule has 3 unspecified atom stereocenters. The molecule has 2 amide bonds. The molecule has 4 rings (SSSR count). The first-order chi connectivity index (χ1) is 13.1. The van der Waals surface area contributed by atoms with Crippen LogP contribution >= 0.6 is 0 Å². The second-order valence-electron chi connectivity index (χ2n) is 7.85. The Balaban J connectivity index is 1.61. The van der Waals surface area contributed by atoms with Crippen molar-refractivity contribution in [3.05, 3.63) is 59.9 Å². The fourth-order valence-electron chi connectivity index (χ4n) is 4.39. The Labute approximate surface area is 160 Å². The van der Waals surface area contributed by atoms with Crippen LogP contribution in [0, 0.1) is 5.92 Å². The highest BCUT2D eigenvalue weighted by Gasteiger charge is 2.38. The van der Waals surface area contributed by atoms with Crippen molar-refractivity contribution in [1.29, 1.82) is 0 Å². The summed E-state index contributed by atoms with van der Waals surface area (Å²) in [5, 5.41) is 3.26. The number of amides is 2. The van der Waals surface area contributed by atoms with Crippen LogP contribution in [0.4, 0.5) is 0 Å². The lowest BCUT2D eigenvalue weighted by atomic mass is 9.85. The van der Waals surface area contributed by atoms with Gasteiger partial charge in [-0.1, -0.05) is 50.1 Å². The number of fused-ring (bicyclic) bond motifs is 1. The van der Waals surface area contributed by atoms with Gasteiger partial charge in [0.25, 0.3) is 0 Å². The molecule has 2 aliphatic rings. The van der Waals surface area contributed by atoms with E-state index in [4.69, 9.17) is 0 Å². The van der Waals surface area contributed by atoms with Gasteiger partial charge in [0, 0.05) is 18.8 Å². The number of benzene rings is 1. The lowest BCUT2D eigenvalue weighted by Crippen LogP contribution is -2.51. The van der Waals surface area contributed by atoms with E-state index in [1.165, 1.54) is 6.42 Å². The van der Waals surface area contributed by atoms with E-state index in [1.807, 2.05) is 53.2 Å². The van der Waals surface area contributed by atoms with E-state index in [9.17, 15) is 9.59 Å². The van der Waals surface area contributed by atoms with Gasteiger partial charge >= 0.3 is 0 Å². The molecule has 0 bridgehead atoms. The summed E-state index contributed by atoms with van der Waals surface area (Å²) in [4.78, 5) is 27.9. The summed E-state index contributed by atoms with van der Waals surface area (Å²) in [6.07, 6.45) is 6.45. The maximum atomic E-state index is 13.3. The van der Waals surface area contributed by atoms with E-state index in [2.05, 4.69) is 12.2 Å². The zero-order chi connectivity index (χ0) is 18.8. The average Bonchev–Trinajstić information content (AvgIpc) is 3.12. The maximum absolute atomic E-state index is 13.3. The van der Waals surface area contributed by atoms with Crippen molar-refractivity contribution >= 4 is 11.8 Å². The molecule has 0 spiro atoms. The van der Waals surface area contributed by atoms with Crippen molar-refractivity contribution < 1.29 is 9.59 Å². The summed E-state index contributed by atoms with van der Waals surface area (Å²) < 4.78 is 1.90. The Hall–Kier alpha value is -2.56. The van der Waals surface area contributed by atoms with Crippen LogP contribution in [0.5, 0.6) is 0 Å². The molecular weight excluding hydrogens is 338 g/mol. The van der Waals surface area contributed by atoms with E-state index < -0.39 is 6.04 Å². The minimum Gasteiger partial charge on any atom is -0.351 e. The number of nitrogens with zero attached hydrogens (tertiary/aromatic N) is 2. The molecule has 1 fully saturated rings. The molecule has 1 aliphatic carbocycles. The first kappa shape index (κ1) is 17.8. The zero-order valence-corrected chi connectivity index (χ0v) is 15.8. The number of carbonyl (C=O) groups excluding carboxylic acids is 2. The van der Waals surface area contributed by atoms with Crippen LogP contribution in [-0.4, -0.2) is 27.3 Å². The van der Waals surface area contributed by atoms with Crippen LogP contribution in [0.2, 0.25) is 0 Å². The Morgan fingerprint density at radius 2 is 1.89 bits per heavy atom. The summed E-state index contributed by atoms with van der Waals surface area (Å²) in [5.74, 6) is 0.411. The molecule has 1 aromatic carbocycles. The van der Waals surface area contributed by atoms with Gasteiger partial charge in [0.2, 0.25) is 11.8 Å². The fraction of sp³-hybridized carbons (Fsp3) is 0.455. The predicted molar refractivity (Wildman–Crippen MR) is 104 cm³/mol. The van der Waals surface area contributed by atoms with Crippen LogP contribution in [0.1, 0.15) is 49.9 Å². The normalized spacial score (nSPS) is 25.1. The Morgan fingerprint density at radius 1 is 1.11 bits per heavy atom. The monoisotopic (exact) mass is 365 g/mol. The zero-order valence-electron chi connectivity index (χ0n) is 15.8. The minimum atomic E-state index is -0.574. The third-order valence-corrected chi connectivity index (χ3v) is 5.97. The number of aromatic nitrogens is 1. The van der Waals surface area contributed by atoms with Crippen LogP contribution in [0.15, 0.2) is 48.7 Å². The molecule has 3 atom stereocenters. The summed E-state index contributed by atoms with van der Waals surface area (Å²) in [5.41, 5.74) is 1.93. The van der Waals surface area contributed by atoms with Gasteiger partial charge in [-0.2, -0.15) is 0 Å². The fourth-order valence-corrected chi connectivity index (χ4v) is 4.39. The molecular formula is C22H27N3O2. The molecule has 5 nitrogen and oxygen atoms in total. The van der Waals surface area contributed by atoms with Gasteiger partial charge in [0.05, 0.1) is 5.69 Å². The number of nitrogens with one attached hydrogen (secondary N) is 1. The van der Waals surface area contributed by atoms with Crippen LogP contribution in [0.25, 0.3) is 0 Å². The van der Waals surface area contributed by atoms with Crippen LogP contribution < -0.4 is 5.32 Å². The Kier molecular flexibility index (Phi) is 5.01. The highest BCUT2D eigenvalue weighted by atomic mass is 16.2. The van der Waals surface area contributed by atoms with Crippen molar-refractivity contribution in [2.75, 3.05) is 0 Å². The predicted octanol–water partition coefficient (Wildman–Crippen LogP) is 3.27. The van der Waals surface area contributed by atoms with Gasteiger partial charge in [0.1, 0.15) is 6.54 Å². The van der Waals surface area contributed by atoms with Gasteiger partial charge in [-0.15, -0.1) is 0 Å². The first-order valence-electron chi connectivity index (χ1n) is 9.92. The number of hydrogen-bond donors (Lipinski definition) is 1. The molecule has 0 radical (unpaired) electrons.